The molecule has 0 aliphatic rings. The summed E-state index contributed by atoms with van der Waals surface area (Å²) in [6, 6.07) is 13.9. The monoisotopic (exact) mass is 360 g/mol. The molecule has 0 bridgehead atoms. The van der Waals surface area contributed by atoms with Gasteiger partial charge in [-0.05, 0) is 37.6 Å². The number of para-hydroxylation sites is 1. The summed E-state index contributed by atoms with van der Waals surface area (Å²) in [5.41, 5.74) is 4.85. The van der Waals surface area contributed by atoms with E-state index < -0.39 is 0 Å². The van der Waals surface area contributed by atoms with Crippen LogP contribution in [0.4, 0.5) is 0 Å². The van der Waals surface area contributed by atoms with Crippen LogP contribution in [0, 0.1) is 13.8 Å². The van der Waals surface area contributed by atoms with E-state index in [9.17, 15) is 0 Å². The molecule has 0 radical (unpaired) electrons. The van der Waals surface area contributed by atoms with E-state index in [1.807, 2.05) is 77.8 Å². The van der Waals surface area contributed by atoms with Gasteiger partial charge >= 0.3 is 0 Å². The Balaban J connectivity index is 1.81. The highest BCUT2D eigenvalue weighted by Gasteiger charge is 2.12. The van der Waals surface area contributed by atoms with Crippen molar-refractivity contribution >= 4 is 0 Å². The summed E-state index contributed by atoms with van der Waals surface area (Å²) in [5.74, 6) is 0.703. The van der Waals surface area contributed by atoms with Gasteiger partial charge in [0.15, 0.2) is 0 Å². The first kappa shape index (κ1) is 18.5. The lowest BCUT2D eigenvalue weighted by molar-refractivity contribution is 0.273. The zero-order valence-corrected chi connectivity index (χ0v) is 15.8. The molecular weight excluding hydrogens is 336 g/mol. The van der Waals surface area contributed by atoms with Crippen LogP contribution in [-0.4, -0.2) is 19.6 Å². The van der Waals surface area contributed by atoms with Crippen LogP contribution in [0.2, 0.25) is 0 Å². The summed E-state index contributed by atoms with van der Waals surface area (Å²) in [7, 11) is 0. The zero-order valence-electron chi connectivity index (χ0n) is 15.8. The minimum absolute atomic E-state index is 0.400. The number of hydrogen-bond acceptors (Lipinski definition) is 3. The predicted octanol–water partition coefficient (Wildman–Crippen LogP) is 4.56. The molecule has 138 valence electrons. The van der Waals surface area contributed by atoms with Crippen LogP contribution in [-0.2, 0) is 13.2 Å². The lowest BCUT2D eigenvalue weighted by Gasteiger charge is -2.11. The summed E-state index contributed by atoms with van der Waals surface area (Å²) in [6.07, 6.45) is 5.50. The average Bonchev–Trinajstić information content (AvgIpc) is 3.22. The molecule has 0 aliphatic heterocycles. The molecule has 3 aromatic rings. The summed E-state index contributed by atoms with van der Waals surface area (Å²) >= 11 is 0. The van der Waals surface area contributed by atoms with E-state index in [-0.39, 0.29) is 0 Å². The van der Waals surface area contributed by atoms with Crippen molar-refractivity contribution in [1.29, 1.82) is 0 Å². The quantitative estimate of drug-likeness (QED) is 0.553. The van der Waals surface area contributed by atoms with Gasteiger partial charge in [0, 0.05) is 6.07 Å². The molecule has 2 aromatic heterocycles. The van der Waals surface area contributed by atoms with E-state index in [0.717, 1.165) is 28.3 Å². The third kappa shape index (κ3) is 4.44. The van der Waals surface area contributed by atoms with Crippen molar-refractivity contribution in [2.24, 2.45) is 0 Å². The van der Waals surface area contributed by atoms with Gasteiger partial charge in [-0.1, -0.05) is 49.6 Å². The van der Waals surface area contributed by atoms with Crippen LogP contribution in [0.1, 0.15) is 17.1 Å². The Bertz CT molecular complexity index is 964. The van der Waals surface area contributed by atoms with Gasteiger partial charge < -0.3 is 4.74 Å². The molecule has 0 fully saturated rings. The number of nitrogens with zero attached hydrogens (tertiary/aromatic N) is 4. The van der Waals surface area contributed by atoms with Crippen LogP contribution < -0.4 is 4.74 Å². The average molecular weight is 360 g/mol. The molecule has 5 nitrogen and oxygen atoms in total. The summed E-state index contributed by atoms with van der Waals surface area (Å²) < 4.78 is 9.85. The standard InChI is InChI=1S/C22H24N4O/c1-5-10-19(6-2)15-25-21(13-17(3)23-25)16-27-22-14-18(4)24-26(22)20-11-8-7-9-12-20/h5-14H,1-2,15-16H2,3-4H3/b19-10+. The summed E-state index contributed by atoms with van der Waals surface area (Å²) in [6.45, 7) is 12.6. The van der Waals surface area contributed by atoms with Crippen LogP contribution in [0.25, 0.3) is 5.69 Å². The maximum atomic E-state index is 6.10. The highest BCUT2D eigenvalue weighted by atomic mass is 16.5. The molecule has 0 saturated heterocycles. The third-order valence-corrected chi connectivity index (χ3v) is 4.08. The van der Waals surface area contributed by atoms with E-state index in [2.05, 4.69) is 23.4 Å². The van der Waals surface area contributed by atoms with Crippen molar-refractivity contribution in [2.45, 2.75) is 27.0 Å². The molecule has 0 N–H and O–H groups in total. The van der Waals surface area contributed by atoms with Gasteiger partial charge in [-0.25, -0.2) is 4.68 Å². The molecule has 3 rings (SSSR count). The van der Waals surface area contributed by atoms with Gasteiger partial charge in [-0.2, -0.15) is 10.2 Å². The first-order valence-electron chi connectivity index (χ1n) is 8.83. The molecule has 0 spiro atoms. The molecule has 0 aliphatic carbocycles. The maximum Gasteiger partial charge on any atom is 0.217 e. The number of aromatic nitrogens is 4. The number of benzene rings is 1. The largest absolute Gasteiger partial charge is 0.471 e. The molecule has 27 heavy (non-hydrogen) atoms. The molecule has 0 amide bonds. The highest BCUT2D eigenvalue weighted by molar-refractivity contribution is 5.35. The second-order valence-electron chi connectivity index (χ2n) is 6.28. The van der Waals surface area contributed by atoms with Crippen molar-refractivity contribution < 1.29 is 4.74 Å². The molecular formula is C22H24N4O. The fraction of sp³-hybridized carbons (Fsp3) is 0.182. The van der Waals surface area contributed by atoms with Gasteiger partial charge in [0.2, 0.25) is 5.88 Å². The SMILES string of the molecule is C=C/C=C(\C=C)Cn1nc(C)cc1COc1cc(C)nn1-c1ccccc1. The Hall–Kier alpha value is -3.34. The van der Waals surface area contributed by atoms with Gasteiger partial charge in [-0.3, -0.25) is 4.68 Å². The molecule has 5 heteroatoms. The smallest absolute Gasteiger partial charge is 0.217 e. The van der Waals surface area contributed by atoms with Gasteiger partial charge in [0.05, 0.1) is 29.3 Å². The van der Waals surface area contributed by atoms with Crippen LogP contribution in [0.3, 0.4) is 0 Å². The molecule has 0 unspecified atom stereocenters. The first-order valence-corrected chi connectivity index (χ1v) is 8.83. The Morgan fingerprint density at radius 3 is 2.52 bits per heavy atom. The minimum atomic E-state index is 0.400. The number of aryl methyl sites for hydroxylation is 2. The number of hydrogen-bond donors (Lipinski definition) is 0. The second-order valence-corrected chi connectivity index (χ2v) is 6.28. The molecule has 0 saturated carbocycles. The molecule has 1 aromatic carbocycles. The van der Waals surface area contributed by atoms with Gasteiger partial charge in [-0.15, -0.1) is 0 Å². The molecule has 0 atom stereocenters. The van der Waals surface area contributed by atoms with Crippen molar-refractivity contribution in [2.75, 3.05) is 0 Å². The predicted molar refractivity (Wildman–Crippen MR) is 108 cm³/mol. The van der Waals surface area contributed by atoms with Crippen molar-refractivity contribution in [3.05, 3.63) is 96.5 Å². The second kappa shape index (κ2) is 8.36. The van der Waals surface area contributed by atoms with E-state index in [1.54, 1.807) is 6.08 Å². The number of ether oxygens (including phenoxy) is 1. The zero-order chi connectivity index (χ0) is 19.2. The highest BCUT2D eigenvalue weighted by Crippen LogP contribution is 2.20. The lowest BCUT2D eigenvalue weighted by Crippen LogP contribution is -2.10. The molecule has 2 heterocycles. The fourth-order valence-corrected chi connectivity index (χ4v) is 2.84. The van der Waals surface area contributed by atoms with Gasteiger partial charge in [0.1, 0.15) is 6.61 Å². The van der Waals surface area contributed by atoms with Crippen LogP contribution in [0.5, 0.6) is 5.88 Å². The summed E-state index contributed by atoms with van der Waals surface area (Å²) in [5, 5.41) is 9.11. The van der Waals surface area contributed by atoms with Crippen molar-refractivity contribution in [3.8, 4) is 11.6 Å². The van der Waals surface area contributed by atoms with Crippen LogP contribution in [0.15, 0.2) is 79.4 Å². The Morgan fingerprint density at radius 2 is 1.81 bits per heavy atom. The number of allylic oxidation sites excluding steroid dienone is 4. The summed E-state index contributed by atoms with van der Waals surface area (Å²) in [4.78, 5) is 0. The third-order valence-electron chi connectivity index (χ3n) is 4.08. The van der Waals surface area contributed by atoms with E-state index in [0.29, 0.717) is 19.0 Å². The van der Waals surface area contributed by atoms with Crippen LogP contribution >= 0.6 is 0 Å². The Kier molecular flexibility index (Phi) is 5.71. The van der Waals surface area contributed by atoms with E-state index in [1.165, 1.54) is 0 Å². The Morgan fingerprint density at radius 1 is 1.07 bits per heavy atom. The minimum Gasteiger partial charge on any atom is -0.471 e. The normalized spacial score (nSPS) is 11.4. The maximum absolute atomic E-state index is 6.10. The van der Waals surface area contributed by atoms with E-state index in [4.69, 9.17) is 4.74 Å². The topological polar surface area (TPSA) is 44.9 Å². The first-order chi connectivity index (χ1) is 13.1. The number of rotatable bonds is 8. The van der Waals surface area contributed by atoms with E-state index >= 15 is 0 Å². The van der Waals surface area contributed by atoms with Crippen molar-refractivity contribution in [1.82, 2.24) is 19.6 Å². The Labute approximate surface area is 159 Å². The fourth-order valence-electron chi connectivity index (χ4n) is 2.84. The van der Waals surface area contributed by atoms with Gasteiger partial charge in [0.25, 0.3) is 0 Å². The lowest BCUT2D eigenvalue weighted by atomic mass is 10.2. The van der Waals surface area contributed by atoms with Crippen molar-refractivity contribution in [3.63, 3.8) is 0 Å².